The Balaban J connectivity index is 1.34. The summed E-state index contributed by atoms with van der Waals surface area (Å²) in [5.41, 5.74) is 10.1. The van der Waals surface area contributed by atoms with Crippen LogP contribution in [0.25, 0.3) is 0 Å². The van der Waals surface area contributed by atoms with E-state index < -0.39 is 0 Å². The zero-order valence-electron chi connectivity index (χ0n) is 22.2. The zero-order valence-corrected chi connectivity index (χ0v) is 23.0. The van der Waals surface area contributed by atoms with Crippen molar-refractivity contribution in [2.45, 2.75) is 50.7 Å². The standard InChI is InChI=1S/C28H37N5O4S/c1-31(2)26(34)20-7-3-4-8-21(20)27(35)33-13-10-18-6-5-9-23(25(18)22(33)14-29)37-19-11-12-32(16-19)28(36)24-15-30-17-38-24/h5-6,9,15,17,19-22H,3-4,7-8,10-14,16,29H2,1-2H3/t19-,20-,21+,22?/m0/s1. The summed E-state index contributed by atoms with van der Waals surface area (Å²) in [6.07, 6.45) is 6.33. The van der Waals surface area contributed by atoms with Crippen LogP contribution in [-0.4, -0.2) is 83.8 Å². The highest BCUT2D eigenvalue weighted by Gasteiger charge is 2.42. The van der Waals surface area contributed by atoms with Gasteiger partial charge in [0.1, 0.15) is 16.7 Å². The van der Waals surface area contributed by atoms with Crippen LogP contribution in [0.3, 0.4) is 0 Å². The number of aromatic nitrogens is 1. The molecule has 1 saturated heterocycles. The molecule has 1 aromatic carbocycles. The number of ether oxygens (including phenoxy) is 1. The Labute approximate surface area is 227 Å². The monoisotopic (exact) mass is 539 g/mol. The minimum Gasteiger partial charge on any atom is -0.488 e. The first-order valence-corrected chi connectivity index (χ1v) is 14.4. The second kappa shape index (κ2) is 11.4. The summed E-state index contributed by atoms with van der Waals surface area (Å²) in [5.74, 6) is 0.189. The van der Waals surface area contributed by atoms with Crippen molar-refractivity contribution in [2.75, 3.05) is 40.3 Å². The third-order valence-corrected chi connectivity index (χ3v) is 8.97. The van der Waals surface area contributed by atoms with Gasteiger partial charge in [-0.25, -0.2) is 0 Å². The minimum atomic E-state index is -0.316. The number of carbonyl (C=O) groups excluding carboxylic acids is 3. The van der Waals surface area contributed by atoms with Crippen LogP contribution < -0.4 is 10.5 Å². The van der Waals surface area contributed by atoms with E-state index in [1.165, 1.54) is 11.3 Å². The van der Waals surface area contributed by atoms with Gasteiger partial charge in [-0.1, -0.05) is 25.0 Å². The molecule has 204 valence electrons. The molecule has 3 aliphatic rings. The van der Waals surface area contributed by atoms with Crippen molar-refractivity contribution >= 4 is 29.1 Å². The third-order valence-electron chi connectivity index (χ3n) is 8.20. The molecule has 0 radical (unpaired) electrons. The predicted molar refractivity (Wildman–Crippen MR) is 145 cm³/mol. The van der Waals surface area contributed by atoms with Gasteiger partial charge in [0.25, 0.3) is 5.91 Å². The zero-order chi connectivity index (χ0) is 26.8. The summed E-state index contributed by atoms with van der Waals surface area (Å²) in [7, 11) is 3.52. The van der Waals surface area contributed by atoms with Crippen LogP contribution in [0.1, 0.15) is 58.9 Å². The molecular formula is C28H37N5O4S. The molecule has 38 heavy (non-hydrogen) atoms. The normalized spacial score (nSPS) is 25.1. The molecule has 2 N–H and O–H groups in total. The maximum atomic E-state index is 14.0. The van der Waals surface area contributed by atoms with Crippen molar-refractivity contribution in [1.29, 1.82) is 0 Å². The maximum absolute atomic E-state index is 14.0. The molecule has 0 spiro atoms. The number of fused-ring (bicyclic) bond motifs is 1. The maximum Gasteiger partial charge on any atom is 0.265 e. The predicted octanol–water partition coefficient (Wildman–Crippen LogP) is 2.72. The fourth-order valence-corrected chi connectivity index (χ4v) is 6.87. The van der Waals surface area contributed by atoms with Crippen LogP contribution >= 0.6 is 11.3 Å². The summed E-state index contributed by atoms with van der Waals surface area (Å²) in [5, 5.41) is 0. The highest BCUT2D eigenvalue weighted by atomic mass is 32.1. The molecule has 1 saturated carbocycles. The van der Waals surface area contributed by atoms with E-state index in [4.69, 9.17) is 10.5 Å². The number of hydrogen-bond donors (Lipinski definition) is 1. The molecular weight excluding hydrogens is 502 g/mol. The van der Waals surface area contributed by atoms with Gasteiger partial charge in [-0.2, -0.15) is 0 Å². The van der Waals surface area contributed by atoms with Gasteiger partial charge in [0.2, 0.25) is 11.8 Å². The second-order valence-corrected chi connectivity index (χ2v) is 11.6. The van der Waals surface area contributed by atoms with E-state index in [1.807, 2.05) is 21.9 Å². The molecule has 1 aromatic heterocycles. The molecule has 2 aromatic rings. The molecule has 3 heterocycles. The van der Waals surface area contributed by atoms with E-state index in [-0.39, 0.29) is 48.2 Å². The molecule has 10 heteroatoms. The number of carbonyl (C=O) groups is 3. The quantitative estimate of drug-likeness (QED) is 0.605. The van der Waals surface area contributed by atoms with Crippen molar-refractivity contribution in [1.82, 2.24) is 19.7 Å². The summed E-state index contributed by atoms with van der Waals surface area (Å²) in [6.45, 7) is 1.99. The minimum absolute atomic E-state index is 0.0143. The molecule has 3 amide bonds. The van der Waals surface area contributed by atoms with Gasteiger partial charge in [-0.3, -0.25) is 19.4 Å². The van der Waals surface area contributed by atoms with Crippen LogP contribution in [0.4, 0.5) is 0 Å². The van der Waals surface area contributed by atoms with Crippen LogP contribution in [0.15, 0.2) is 29.9 Å². The fourth-order valence-electron chi connectivity index (χ4n) is 6.28. The average Bonchev–Trinajstić information content (AvgIpc) is 3.64. The highest BCUT2D eigenvalue weighted by Crippen LogP contribution is 2.40. The van der Waals surface area contributed by atoms with Crippen molar-refractivity contribution in [3.05, 3.63) is 45.9 Å². The number of rotatable bonds is 6. The summed E-state index contributed by atoms with van der Waals surface area (Å²) in [6, 6.07) is 5.71. The average molecular weight is 540 g/mol. The number of likely N-dealkylation sites (tertiary alicyclic amines) is 1. The topological polar surface area (TPSA) is 109 Å². The van der Waals surface area contributed by atoms with Gasteiger partial charge >= 0.3 is 0 Å². The van der Waals surface area contributed by atoms with E-state index >= 15 is 0 Å². The van der Waals surface area contributed by atoms with E-state index in [0.717, 1.165) is 49.0 Å². The summed E-state index contributed by atoms with van der Waals surface area (Å²) in [4.78, 5) is 49.6. The largest absolute Gasteiger partial charge is 0.488 e. The van der Waals surface area contributed by atoms with Crippen molar-refractivity contribution in [3.8, 4) is 5.75 Å². The number of hydrogen-bond acceptors (Lipinski definition) is 7. The smallest absolute Gasteiger partial charge is 0.265 e. The Bertz CT molecular complexity index is 1170. The van der Waals surface area contributed by atoms with Gasteiger partial charge in [-0.15, -0.1) is 11.3 Å². The number of amides is 3. The molecule has 2 aliphatic heterocycles. The van der Waals surface area contributed by atoms with Gasteiger partial charge in [0.05, 0.1) is 24.3 Å². The summed E-state index contributed by atoms with van der Waals surface area (Å²) < 4.78 is 6.51. The van der Waals surface area contributed by atoms with Crippen LogP contribution in [-0.2, 0) is 16.0 Å². The first kappa shape index (κ1) is 26.6. The number of nitrogens with zero attached hydrogens (tertiary/aromatic N) is 4. The van der Waals surface area contributed by atoms with Crippen LogP contribution in [0.2, 0.25) is 0 Å². The molecule has 1 unspecified atom stereocenters. The molecule has 2 fully saturated rings. The van der Waals surface area contributed by atoms with Gasteiger partial charge in [-0.05, 0) is 30.9 Å². The Kier molecular flexibility index (Phi) is 7.99. The van der Waals surface area contributed by atoms with E-state index in [1.54, 1.807) is 30.7 Å². The van der Waals surface area contributed by atoms with Crippen molar-refractivity contribution in [3.63, 3.8) is 0 Å². The molecule has 5 rings (SSSR count). The van der Waals surface area contributed by atoms with Gasteiger partial charge in [0, 0.05) is 57.5 Å². The Morgan fingerprint density at radius 1 is 1.13 bits per heavy atom. The SMILES string of the molecule is CN(C)C(=O)[C@H]1CCCC[C@H]1C(=O)N1CCc2cccc(O[C@H]3CCN(C(=O)c4cncs4)C3)c2C1CN. The Morgan fingerprint density at radius 3 is 2.63 bits per heavy atom. The van der Waals surface area contributed by atoms with Crippen LogP contribution in [0, 0.1) is 11.8 Å². The number of thiazole rings is 1. The van der Waals surface area contributed by atoms with Gasteiger partial charge in [0.15, 0.2) is 0 Å². The van der Waals surface area contributed by atoms with E-state index in [2.05, 4.69) is 11.1 Å². The van der Waals surface area contributed by atoms with Crippen LogP contribution in [0.5, 0.6) is 5.75 Å². The molecule has 0 bridgehead atoms. The highest BCUT2D eigenvalue weighted by molar-refractivity contribution is 7.11. The van der Waals surface area contributed by atoms with Gasteiger partial charge < -0.3 is 25.2 Å². The molecule has 9 nitrogen and oxygen atoms in total. The molecule has 4 atom stereocenters. The second-order valence-electron chi connectivity index (χ2n) is 10.7. The molecule has 1 aliphatic carbocycles. The lowest BCUT2D eigenvalue weighted by molar-refractivity contribution is -0.148. The first-order valence-electron chi connectivity index (χ1n) is 13.6. The third kappa shape index (κ3) is 5.16. The van der Waals surface area contributed by atoms with E-state index in [0.29, 0.717) is 30.9 Å². The van der Waals surface area contributed by atoms with E-state index in [9.17, 15) is 14.4 Å². The van der Waals surface area contributed by atoms with Crippen molar-refractivity contribution in [2.24, 2.45) is 17.6 Å². The lowest BCUT2D eigenvalue weighted by Crippen LogP contribution is -2.49. The lowest BCUT2D eigenvalue weighted by atomic mass is 9.77. The Morgan fingerprint density at radius 2 is 1.92 bits per heavy atom. The fraction of sp³-hybridized carbons (Fsp3) is 0.571. The summed E-state index contributed by atoms with van der Waals surface area (Å²) >= 11 is 1.34. The van der Waals surface area contributed by atoms with Crippen molar-refractivity contribution < 1.29 is 19.1 Å². The number of benzene rings is 1. The number of nitrogens with two attached hydrogens (primary N) is 1. The first-order chi connectivity index (χ1) is 18.4. The lowest BCUT2D eigenvalue weighted by Gasteiger charge is -2.42. The Hall–Kier alpha value is -2.98.